The SMILES string of the molecule is Cc1cccc(C(=O)O)c1CS(=O)(=O)NC(=O)c1ccc(C(=O)C(F)(F)F)s1. The van der Waals surface area contributed by atoms with Crippen molar-refractivity contribution in [3.05, 3.63) is 56.8 Å². The van der Waals surface area contributed by atoms with E-state index in [9.17, 15) is 36.0 Å². The summed E-state index contributed by atoms with van der Waals surface area (Å²) in [5, 5.41) is 9.16. The van der Waals surface area contributed by atoms with Crippen LogP contribution in [0.4, 0.5) is 13.2 Å². The van der Waals surface area contributed by atoms with Gasteiger partial charge in [-0.05, 0) is 36.2 Å². The van der Waals surface area contributed by atoms with Crippen LogP contribution < -0.4 is 4.72 Å². The Morgan fingerprint density at radius 3 is 2.29 bits per heavy atom. The Morgan fingerprint density at radius 1 is 1.11 bits per heavy atom. The van der Waals surface area contributed by atoms with E-state index in [4.69, 9.17) is 5.11 Å². The molecule has 1 amide bonds. The van der Waals surface area contributed by atoms with Crippen molar-refractivity contribution in [2.45, 2.75) is 18.9 Å². The minimum atomic E-state index is -5.12. The molecule has 1 aromatic carbocycles. The number of alkyl halides is 3. The van der Waals surface area contributed by atoms with Gasteiger partial charge in [-0.25, -0.2) is 17.9 Å². The molecule has 0 saturated carbocycles. The number of amides is 1. The normalized spacial score (nSPS) is 11.9. The largest absolute Gasteiger partial charge is 0.478 e. The third-order valence-electron chi connectivity index (χ3n) is 3.53. The molecule has 2 aromatic rings. The van der Waals surface area contributed by atoms with Crippen molar-refractivity contribution in [1.82, 2.24) is 4.72 Å². The molecule has 0 saturated heterocycles. The molecular formula is C16H12F3NO6S2. The number of thiophene rings is 1. The number of halogens is 3. The molecule has 28 heavy (non-hydrogen) atoms. The van der Waals surface area contributed by atoms with E-state index in [1.54, 1.807) is 4.72 Å². The Kier molecular flexibility index (Phi) is 5.94. The maximum atomic E-state index is 12.4. The summed E-state index contributed by atoms with van der Waals surface area (Å²) in [5.74, 6) is -5.55. The molecule has 1 aromatic heterocycles. The molecule has 150 valence electrons. The number of rotatable bonds is 6. The van der Waals surface area contributed by atoms with E-state index < -0.39 is 49.4 Å². The van der Waals surface area contributed by atoms with Gasteiger partial charge in [-0.1, -0.05) is 12.1 Å². The molecule has 0 atom stereocenters. The van der Waals surface area contributed by atoms with Gasteiger partial charge in [0.25, 0.3) is 11.7 Å². The summed E-state index contributed by atoms with van der Waals surface area (Å²) in [5.41, 5.74) is 0.0772. The molecule has 0 aliphatic heterocycles. The number of hydrogen-bond acceptors (Lipinski definition) is 6. The maximum absolute atomic E-state index is 12.4. The van der Waals surface area contributed by atoms with Crippen LogP contribution in [-0.2, 0) is 15.8 Å². The van der Waals surface area contributed by atoms with Gasteiger partial charge in [-0.3, -0.25) is 9.59 Å². The van der Waals surface area contributed by atoms with Crippen LogP contribution in [-0.4, -0.2) is 37.4 Å². The molecule has 0 spiro atoms. The lowest BCUT2D eigenvalue weighted by molar-refractivity contribution is -0.0882. The second-order valence-electron chi connectivity index (χ2n) is 5.59. The number of sulfonamides is 1. The van der Waals surface area contributed by atoms with Gasteiger partial charge in [-0.2, -0.15) is 13.2 Å². The molecule has 1 heterocycles. The van der Waals surface area contributed by atoms with Gasteiger partial charge in [0.15, 0.2) is 0 Å². The van der Waals surface area contributed by atoms with Crippen molar-refractivity contribution in [3.63, 3.8) is 0 Å². The minimum Gasteiger partial charge on any atom is -0.478 e. The average Bonchev–Trinajstić information content (AvgIpc) is 3.04. The molecule has 0 unspecified atom stereocenters. The fourth-order valence-electron chi connectivity index (χ4n) is 2.23. The quantitative estimate of drug-likeness (QED) is 0.674. The zero-order chi connectivity index (χ0) is 21.3. The van der Waals surface area contributed by atoms with E-state index in [0.29, 0.717) is 5.56 Å². The monoisotopic (exact) mass is 435 g/mol. The van der Waals surface area contributed by atoms with Gasteiger partial charge < -0.3 is 5.11 Å². The van der Waals surface area contributed by atoms with Crippen molar-refractivity contribution in [2.24, 2.45) is 0 Å². The summed E-state index contributed by atoms with van der Waals surface area (Å²) < 4.78 is 63.4. The van der Waals surface area contributed by atoms with E-state index in [1.165, 1.54) is 25.1 Å². The molecule has 0 fully saturated rings. The molecule has 7 nitrogen and oxygen atoms in total. The smallest absolute Gasteiger partial charge is 0.455 e. The lowest BCUT2D eigenvalue weighted by atomic mass is 10.0. The van der Waals surface area contributed by atoms with Crippen molar-refractivity contribution < 1.29 is 41.1 Å². The number of Topliss-reactive ketones (excluding diaryl/α,β-unsaturated/α-hetero) is 1. The molecule has 0 radical (unpaired) electrons. The van der Waals surface area contributed by atoms with Gasteiger partial charge in [0.05, 0.1) is 21.1 Å². The first kappa shape index (κ1) is 21.6. The summed E-state index contributed by atoms with van der Waals surface area (Å²) >= 11 is 0.194. The van der Waals surface area contributed by atoms with Crippen LogP contribution >= 0.6 is 11.3 Å². The van der Waals surface area contributed by atoms with E-state index in [2.05, 4.69) is 0 Å². The standard InChI is InChI=1S/C16H12F3NO6S2/c1-8-3-2-4-9(15(23)24)10(8)7-28(25,26)20-14(22)12-6-5-11(27-12)13(21)16(17,18)19/h2-6H,7H2,1H3,(H,20,22)(H,23,24). The van der Waals surface area contributed by atoms with Crippen molar-refractivity contribution in [3.8, 4) is 0 Å². The van der Waals surface area contributed by atoms with Crippen LogP contribution in [0.3, 0.4) is 0 Å². The molecule has 12 heteroatoms. The molecule has 0 bridgehead atoms. The van der Waals surface area contributed by atoms with E-state index in [0.717, 1.165) is 12.1 Å². The van der Waals surface area contributed by atoms with E-state index >= 15 is 0 Å². The van der Waals surface area contributed by atoms with Crippen LogP contribution in [0, 0.1) is 6.92 Å². The van der Waals surface area contributed by atoms with Gasteiger partial charge in [-0.15, -0.1) is 11.3 Å². The number of benzene rings is 1. The highest BCUT2D eigenvalue weighted by Crippen LogP contribution is 2.26. The highest BCUT2D eigenvalue weighted by Gasteiger charge is 2.40. The third-order valence-corrected chi connectivity index (χ3v) is 5.78. The Balaban J connectivity index is 2.22. The summed E-state index contributed by atoms with van der Waals surface area (Å²) in [6, 6.07) is 5.79. The van der Waals surface area contributed by atoms with Gasteiger partial charge in [0.1, 0.15) is 0 Å². The van der Waals surface area contributed by atoms with E-state index in [1.807, 2.05) is 0 Å². The Hall–Kier alpha value is -2.73. The van der Waals surface area contributed by atoms with Crippen LogP contribution in [0.15, 0.2) is 30.3 Å². The van der Waals surface area contributed by atoms with Gasteiger partial charge >= 0.3 is 12.1 Å². The Bertz CT molecular complexity index is 1060. The van der Waals surface area contributed by atoms with Crippen molar-refractivity contribution in [1.29, 1.82) is 0 Å². The second-order valence-corrected chi connectivity index (χ2v) is 8.39. The number of carboxylic acids is 1. The number of carboxylic acid groups (broad SMARTS) is 1. The predicted molar refractivity (Wildman–Crippen MR) is 92.9 cm³/mol. The maximum Gasteiger partial charge on any atom is 0.455 e. The molecule has 2 rings (SSSR count). The zero-order valence-corrected chi connectivity index (χ0v) is 15.7. The number of ketones is 1. The summed E-state index contributed by atoms with van der Waals surface area (Å²) in [6.45, 7) is 1.49. The minimum absolute atomic E-state index is 0.0329. The topological polar surface area (TPSA) is 118 Å². The first-order valence-corrected chi connectivity index (χ1v) is 9.86. The average molecular weight is 435 g/mol. The fraction of sp³-hybridized carbons (Fsp3) is 0.188. The predicted octanol–water partition coefficient (Wildman–Crippen LogP) is 2.76. The Morgan fingerprint density at radius 2 is 1.71 bits per heavy atom. The lowest BCUT2D eigenvalue weighted by Gasteiger charge is -2.11. The van der Waals surface area contributed by atoms with Crippen LogP contribution in [0.25, 0.3) is 0 Å². The van der Waals surface area contributed by atoms with Crippen LogP contribution in [0.2, 0.25) is 0 Å². The van der Waals surface area contributed by atoms with Crippen molar-refractivity contribution >= 4 is 39.0 Å². The zero-order valence-electron chi connectivity index (χ0n) is 14.0. The first-order chi connectivity index (χ1) is 12.8. The number of aryl methyl sites for hydroxylation is 1. The van der Waals surface area contributed by atoms with E-state index in [-0.39, 0.29) is 22.5 Å². The number of carbonyl (C=O) groups excluding carboxylic acids is 2. The number of hydrogen-bond donors (Lipinski definition) is 2. The van der Waals surface area contributed by atoms with Crippen LogP contribution in [0.1, 0.15) is 40.8 Å². The second kappa shape index (κ2) is 7.72. The number of aromatic carboxylic acids is 1. The molecular weight excluding hydrogens is 423 g/mol. The molecule has 0 aliphatic rings. The van der Waals surface area contributed by atoms with Crippen molar-refractivity contribution in [2.75, 3.05) is 0 Å². The number of carbonyl (C=O) groups is 3. The molecule has 0 aliphatic carbocycles. The van der Waals surface area contributed by atoms with Crippen LogP contribution in [0.5, 0.6) is 0 Å². The van der Waals surface area contributed by atoms with Gasteiger partial charge in [0.2, 0.25) is 10.0 Å². The first-order valence-electron chi connectivity index (χ1n) is 7.40. The fourth-order valence-corrected chi connectivity index (χ4v) is 4.39. The molecule has 2 N–H and O–H groups in total. The lowest BCUT2D eigenvalue weighted by Crippen LogP contribution is -2.31. The summed E-state index contributed by atoms with van der Waals surface area (Å²) in [4.78, 5) is 33.3. The Labute approximate surface area is 160 Å². The highest BCUT2D eigenvalue weighted by atomic mass is 32.2. The summed E-state index contributed by atoms with van der Waals surface area (Å²) in [6.07, 6.45) is -5.12. The summed E-state index contributed by atoms with van der Waals surface area (Å²) in [7, 11) is -4.36. The number of nitrogens with one attached hydrogen (secondary N) is 1. The highest BCUT2D eigenvalue weighted by molar-refractivity contribution is 7.89. The van der Waals surface area contributed by atoms with Gasteiger partial charge in [0, 0.05) is 0 Å². The third kappa shape index (κ3) is 4.95.